The van der Waals surface area contributed by atoms with Crippen LogP contribution in [-0.2, 0) is 4.79 Å². The fraction of sp³-hybridized carbons (Fsp3) is 0.545. The van der Waals surface area contributed by atoms with Crippen LogP contribution in [0.2, 0.25) is 5.15 Å². The molecule has 5 nitrogen and oxygen atoms in total. The predicted octanol–water partition coefficient (Wildman–Crippen LogP) is 1.32. The molecule has 1 heterocycles. The lowest BCUT2D eigenvalue weighted by Gasteiger charge is -2.20. The van der Waals surface area contributed by atoms with Crippen molar-refractivity contribution in [2.45, 2.75) is 20.8 Å². The van der Waals surface area contributed by atoms with Crippen LogP contribution in [0.25, 0.3) is 0 Å². The lowest BCUT2D eigenvalue weighted by Crippen LogP contribution is -2.35. The molecule has 0 bridgehead atoms. The van der Waals surface area contributed by atoms with Crippen molar-refractivity contribution in [1.82, 2.24) is 15.3 Å². The zero-order valence-electron chi connectivity index (χ0n) is 10.5. The number of halogens is 1. The van der Waals surface area contributed by atoms with Crippen LogP contribution in [0.4, 0.5) is 5.82 Å². The Morgan fingerprint density at radius 2 is 2.06 bits per heavy atom. The Morgan fingerprint density at radius 1 is 1.41 bits per heavy atom. The lowest BCUT2D eigenvalue weighted by molar-refractivity contribution is -0.119. The van der Waals surface area contributed by atoms with Crippen molar-refractivity contribution in [3.63, 3.8) is 0 Å². The average molecular weight is 257 g/mol. The Labute approximate surface area is 106 Å². The van der Waals surface area contributed by atoms with E-state index in [1.54, 1.807) is 18.9 Å². The number of amides is 1. The van der Waals surface area contributed by atoms with E-state index in [1.165, 1.54) is 0 Å². The van der Waals surface area contributed by atoms with E-state index < -0.39 is 0 Å². The van der Waals surface area contributed by atoms with E-state index in [-0.39, 0.29) is 12.5 Å². The number of carbonyl (C=O) groups excluding carboxylic acids is 1. The molecule has 0 aliphatic heterocycles. The number of nitrogens with one attached hydrogen (secondary N) is 1. The highest BCUT2D eigenvalue weighted by Gasteiger charge is 2.13. The van der Waals surface area contributed by atoms with Crippen molar-refractivity contribution < 1.29 is 4.79 Å². The normalized spacial score (nSPS) is 10.2. The smallest absolute Gasteiger partial charge is 0.239 e. The summed E-state index contributed by atoms with van der Waals surface area (Å²) in [4.78, 5) is 21.6. The molecule has 0 fully saturated rings. The van der Waals surface area contributed by atoms with Crippen LogP contribution in [-0.4, -0.2) is 36.0 Å². The van der Waals surface area contributed by atoms with Crippen molar-refractivity contribution >= 4 is 23.3 Å². The van der Waals surface area contributed by atoms with E-state index in [2.05, 4.69) is 15.3 Å². The molecule has 1 amide bonds. The Morgan fingerprint density at radius 3 is 2.65 bits per heavy atom. The monoisotopic (exact) mass is 256 g/mol. The number of nitrogens with zero attached hydrogens (tertiary/aromatic N) is 3. The fourth-order valence-corrected chi connectivity index (χ4v) is 1.70. The minimum absolute atomic E-state index is 0.0400. The molecule has 6 heteroatoms. The summed E-state index contributed by atoms with van der Waals surface area (Å²) in [5.41, 5.74) is 0.782. The maximum Gasteiger partial charge on any atom is 0.239 e. The third kappa shape index (κ3) is 3.56. The molecule has 94 valence electrons. The number of hydrogen-bond donors (Lipinski definition) is 1. The van der Waals surface area contributed by atoms with E-state index in [9.17, 15) is 4.79 Å². The summed E-state index contributed by atoms with van der Waals surface area (Å²) in [7, 11) is 1.81. The molecule has 17 heavy (non-hydrogen) atoms. The van der Waals surface area contributed by atoms with Gasteiger partial charge in [0.05, 0.1) is 6.54 Å². The maximum atomic E-state index is 11.5. The molecule has 0 spiro atoms. The van der Waals surface area contributed by atoms with Crippen molar-refractivity contribution in [2.24, 2.45) is 0 Å². The van der Waals surface area contributed by atoms with Gasteiger partial charge in [-0.15, -0.1) is 0 Å². The molecule has 1 aromatic rings. The van der Waals surface area contributed by atoms with Crippen LogP contribution in [0, 0.1) is 13.8 Å². The Bertz CT molecular complexity index is 422. The molecular weight excluding hydrogens is 240 g/mol. The number of carbonyl (C=O) groups is 1. The average Bonchev–Trinajstić information content (AvgIpc) is 2.23. The number of likely N-dealkylation sites (N-methyl/N-ethyl adjacent to an activating group) is 2. The summed E-state index contributed by atoms with van der Waals surface area (Å²) in [5.74, 6) is 1.24. The van der Waals surface area contributed by atoms with Gasteiger partial charge in [0, 0.05) is 19.2 Å². The molecule has 0 aromatic carbocycles. The van der Waals surface area contributed by atoms with E-state index in [1.807, 2.05) is 13.8 Å². The second-order valence-corrected chi connectivity index (χ2v) is 4.18. The standard InChI is InChI=1S/C11H17ClN4O/c1-5-13-9(17)6-16(4)11-7(2)10(12)14-8(3)15-11/h5-6H2,1-4H3,(H,13,17). The molecule has 1 aromatic heterocycles. The number of hydrogen-bond acceptors (Lipinski definition) is 4. The van der Waals surface area contributed by atoms with Crippen molar-refractivity contribution in [2.75, 3.05) is 25.0 Å². The Balaban J connectivity index is 2.88. The third-order valence-electron chi connectivity index (χ3n) is 2.29. The van der Waals surface area contributed by atoms with Gasteiger partial charge >= 0.3 is 0 Å². The maximum absolute atomic E-state index is 11.5. The first kappa shape index (κ1) is 13.7. The van der Waals surface area contributed by atoms with Gasteiger partial charge in [-0.1, -0.05) is 11.6 Å². The summed E-state index contributed by atoms with van der Waals surface area (Å²) in [6.45, 7) is 6.37. The first-order valence-electron chi connectivity index (χ1n) is 5.44. The number of aromatic nitrogens is 2. The second kappa shape index (κ2) is 5.82. The molecular formula is C11H17ClN4O. The van der Waals surface area contributed by atoms with Gasteiger partial charge in [-0.2, -0.15) is 0 Å². The van der Waals surface area contributed by atoms with Gasteiger partial charge in [0.2, 0.25) is 5.91 Å². The van der Waals surface area contributed by atoms with E-state index in [0.717, 1.165) is 5.56 Å². The van der Waals surface area contributed by atoms with Gasteiger partial charge < -0.3 is 10.2 Å². The topological polar surface area (TPSA) is 58.1 Å². The van der Waals surface area contributed by atoms with Crippen LogP contribution in [0.1, 0.15) is 18.3 Å². The van der Waals surface area contributed by atoms with Gasteiger partial charge in [-0.3, -0.25) is 4.79 Å². The Kier molecular flexibility index (Phi) is 4.69. The molecule has 1 rings (SSSR count). The van der Waals surface area contributed by atoms with Crippen LogP contribution in [0.15, 0.2) is 0 Å². The van der Waals surface area contributed by atoms with Gasteiger partial charge in [-0.05, 0) is 20.8 Å². The molecule has 1 N–H and O–H groups in total. The molecule has 0 saturated carbocycles. The molecule has 0 aliphatic carbocycles. The molecule has 0 saturated heterocycles. The predicted molar refractivity (Wildman–Crippen MR) is 68.5 cm³/mol. The SMILES string of the molecule is CCNC(=O)CN(C)c1nc(C)nc(Cl)c1C. The van der Waals surface area contributed by atoms with Gasteiger partial charge in [0.15, 0.2) is 0 Å². The zero-order chi connectivity index (χ0) is 13.0. The van der Waals surface area contributed by atoms with E-state index in [0.29, 0.717) is 23.3 Å². The summed E-state index contributed by atoms with van der Waals surface area (Å²) in [5, 5.41) is 3.16. The van der Waals surface area contributed by atoms with Crippen LogP contribution < -0.4 is 10.2 Å². The summed E-state index contributed by atoms with van der Waals surface area (Å²) < 4.78 is 0. The fourth-order valence-electron chi connectivity index (χ4n) is 1.50. The van der Waals surface area contributed by atoms with E-state index >= 15 is 0 Å². The molecule has 0 aliphatic rings. The number of anilines is 1. The van der Waals surface area contributed by atoms with Gasteiger partial charge in [-0.25, -0.2) is 9.97 Å². The largest absolute Gasteiger partial charge is 0.355 e. The highest BCUT2D eigenvalue weighted by atomic mass is 35.5. The first-order valence-corrected chi connectivity index (χ1v) is 5.82. The second-order valence-electron chi connectivity index (χ2n) is 3.82. The van der Waals surface area contributed by atoms with Gasteiger partial charge in [0.25, 0.3) is 0 Å². The van der Waals surface area contributed by atoms with Crippen LogP contribution in [0.3, 0.4) is 0 Å². The minimum Gasteiger partial charge on any atom is -0.355 e. The Hall–Kier alpha value is -1.36. The third-order valence-corrected chi connectivity index (χ3v) is 2.66. The van der Waals surface area contributed by atoms with Crippen molar-refractivity contribution in [3.8, 4) is 0 Å². The number of aryl methyl sites for hydroxylation is 1. The van der Waals surface area contributed by atoms with Gasteiger partial charge in [0.1, 0.15) is 16.8 Å². The summed E-state index contributed by atoms with van der Waals surface area (Å²) in [6.07, 6.45) is 0. The molecule has 0 atom stereocenters. The summed E-state index contributed by atoms with van der Waals surface area (Å²) in [6, 6.07) is 0. The van der Waals surface area contributed by atoms with Crippen molar-refractivity contribution in [3.05, 3.63) is 16.5 Å². The molecule has 0 unspecified atom stereocenters. The van der Waals surface area contributed by atoms with E-state index in [4.69, 9.17) is 11.6 Å². The number of rotatable bonds is 4. The quantitative estimate of drug-likeness (QED) is 0.826. The molecule has 0 radical (unpaired) electrons. The first-order chi connectivity index (χ1) is 7.95. The highest BCUT2D eigenvalue weighted by molar-refractivity contribution is 6.30. The lowest BCUT2D eigenvalue weighted by atomic mass is 10.3. The van der Waals surface area contributed by atoms with Crippen LogP contribution in [0.5, 0.6) is 0 Å². The van der Waals surface area contributed by atoms with Crippen molar-refractivity contribution in [1.29, 1.82) is 0 Å². The highest BCUT2D eigenvalue weighted by Crippen LogP contribution is 2.22. The van der Waals surface area contributed by atoms with Crippen LogP contribution >= 0.6 is 11.6 Å². The zero-order valence-corrected chi connectivity index (χ0v) is 11.3. The summed E-state index contributed by atoms with van der Waals surface area (Å²) >= 11 is 5.98. The minimum atomic E-state index is -0.0400.